The van der Waals surface area contributed by atoms with E-state index in [1.165, 1.54) is 0 Å². The van der Waals surface area contributed by atoms with Crippen LogP contribution >= 0.6 is 0 Å². The zero-order chi connectivity index (χ0) is 19.6. The van der Waals surface area contributed by atoms with Gasteiger partial charge in [-0.25, -0.2) is 4.79 Å². The van der Waals surface area contributed by atoms with Crippen LogP contribution in [0.2, 0.25) is 0 Å². The summed E-state index contributed by atoms with van der Waals surface area (Å²) in [4.78, 5) is 35.8. The average Bonchev–Trinajstić information content (AvgIpc) is 2.69. The molecule has 2 aromatic rings. The third kappa shape index (κ3) is 5.93. The minimum atomic E-state index is -0.408. The molecular weight excluding hydrogens is 348 g/mol. The molecule has 142 valence electrons. The highest BCUT2D eigenvalue weighted by Gasteiger charge is 2.10. The van der Waals surface area contributed by atoms with Crippen LogP contribution in [0, 0.1) is 0 Å². The Bertz CT molecular complexity index is 785. The van der Waals surface area contributed by atoms with Crippen LogP contribution in [0.3, 0.4) is 0 Å². The molecule has 0 unspecified atom stereocenters. The second kappa shape index (κ2) is 10.1. The summed E-state index contributed by atoms with van der Waals surface area (Å²) in [6, 6.07) is 12.7. The fourth-order valence-corrected chi connectivity index (χ4v) is 2.25. The van der Waals surface area contributed by atoms with Gasteiger partial charge in [0.05, 0.1) is 18.8 Å². The minimum absolute atomic E-state index is 0.228. The standard InChI is InChI=1S/C20H22N2O5/c1-3-27-20(25)16-8-10-17(11-9-16)22-19(24)15-6-4-14(5-7-15)18(23)21-12-13-26-2/h4-11H,3,12-13H2,1-2H3,(H,21,23)(H,22,24). The van der Waals surface area contributed by atoms with Gasteiger partial charge in [-0.1, -0.05) is 0 Å². The van der Waals surface area contributed by atoms with E-state index in [-0.39, 0.29) is 11.8 Å². The second-order valence-corrected chi connectivity index (χ2v) is 5.58. The zero-order valence-corrected chi connectivity index (χ0v) is 15.3. The first-order chi connectivity index (χ1) is 13.0. The summed E-state index contributed by atoms with van der Waals surface area (Å²) in [6.07, 6.45) is 0. The van der Waals surface area contributed by atoms with Crippen molar-refractivity contribution < 1.29 is 23.9 Å². The Labute approximate surface area is 157 Å². The van der Waals surface area contributed by atoms with Crippen molar-refractivity contribution in [2.24, 2.45) is 0 Å². The van der Waals surface area contributed by atoms with Gasteiger partial charge >= 0.3 is 5.97 Å². The molecule has 0 aromatic heterocycles. The third-order valence-corrected chi connectivity index (χ3v) is 3.65. The highest BCUT2D eigenvalue weighted by atomic mass is 16.5. The van der Waals surface area contributed by atoms with Crippen LogP contribution in [0.15, 0.2) is 48.5 Å². The van der Waals surface area contributed by atoms with Gasteiger partial charge in [0.25, 0.3) is 11.8 Å². The van der Waals surface area contributed by atoms with Crippen LogP contribution in [-0.2, 0) is 9.47 Å². The van der Waals surface area contributed by atoms with E-state index in [1.54, 1.807) is 62.6 Å². The van der Waals surface area contributed by atoms with Gasteiger partial charge in [-0.3, -0.25) is 9.59 Å². The van der Waals surface area contributed by atoms with E-state index in [9.17, 15) is 14.4 Å². The lowest BCUT2D eigenvalue weighted by Gasteiger charge is -2.08. The Morgan fingerprint density at radius 3 is 1.96 bits per heavy atom. The number of hydrogen-bond donors (Lipinski definition) is 2. The lowest BCUT2D eigenvalue weighted by Crippen LogP contribution is -2.26. The van der Waals surface area contributed by atoms with Gasteiger partial charge in [-0.2, -0.15) is 0 Å². The highest BCUT2D eigenvalue weighted by Crippen LogP contribution is 2.13. The molecule has 0 saturated carbocycles. The fraction of sp³-hybridized carbons (Fsp3) is 0.250. The van der Waals surface area contributed by atoms with E-state index in [1.807, 2.05) is 0 Å². The van der Waals surface area contributed by atoms with E-state index < -0.39 is 5.97 Å². The number of carbonyl (C=O) groups excluding carboxylic acids is 3. The van der Waals surface area contributed by atoms with Crippen molar-refractivity contribution in [2.75, 3.05) is 32.2 Å². The first-order valence-electron chi connectivity index (χ1n) is 8.51. The van der Waals surface area contributed by atoms with Crippen molar-refractivity contribution in [3.63, 3.8) is 0 Å². The van der Waals surface area contributed by atoms with Crippen LogP contribution in [0.1, 0.15) is 38.0 Å². The summed E-state index contributed by atoms with van der Waals surface area (Å²) in [5, 5.41) is 5.45. The number of benzene rings is 2. The molecule has 0 bridgehead atoms. The third-order valence-electron chi connectivity index (χ3n) is 3.65. The number of rotatable bonds is 8. The van der Waals surface area contributed by atoms with Crippen LogP contribution in [-0.4, -0.2) is 44.7 Å². The van der Waals surface area contributed by atoms with Gasteiger partial charge in [-0.15, -0.1) is 0 Å². The molecule has 0 aliphatic rings. The molecule has 2 rings (SSSR count). The molecule has 27 heavy (non-hydrogen) atoms. The molecule has 0 radical (unpaired) electrons. The normalized spacial score (nSPS) is 10.1. The van der Waals surface area contributed by atoms with Crippen molar-refractivity contribution >= 4 is 23.5 Å². The van der Waals surface area contributed by atoms with Gasteiger partial charge in [-0.05, 0) is 55.5 Å². The van der Waals surface area contributed by atoms with Crippen LogP contribution in [0.4, 0.5) is 5.69 Å². The topological polar surface area (TPSA) is 93.7 Å². The molecule has 7 nitrogen and oxygen atoms in total. The predicted octanol–water partition coefficient (Wildman–Crippen LogP) is 2.49. The molecule has 7 heteroatoms. The Morgan fingerprint density at radius 1 is 0.852 bits per heavy atom. The van der Waals surface area contributed by atoms with E-state index in [0.717, 1.165) is 0 Å². The number of hydrogen-bond acceptors (Lipinski definition) is 5. The van der Waals surface area contributed by atoms with Crippen LogP contribution in [0.25, 0.3) is 0 Å². The first kappa shape index (κ1) is 20.1. The number of esters is 1. The monoisotopic (exact) mass is 370 g/mol. The molecule has 0 atom stereocenters. The van der Waals surface area contributed by atoms with E-state index in [4.69, 9.17) is 9.47 Å². The molecule has 0 saturated heterocycles. The summed E-state index contributed by atoms with van der Waals surface area (Å²) in [6.45, 7) is 2.89. The Balaban J connectivity index is 1.95. The molecule has 2 amide bonds. The molecule has 0 heterocycles. The molecule has 0 fully saturated rings. The summed E-state index contributed by atoms with van der Waals surface area (Å²) < 4.78 is 9.79. The van der Waals surface area contributed by atoms with Crippen molar-refractivity contribution in [3.05, 3.63) is 65.2 Å². The fourth-order valence-electron chi connectivity index (χ4n) is 2.25. The molecule has 0 aliphatic heterocycles. The van der Waals surface area contributed by atoms with E-state index in [2.05, 4.69) is 10.6 Å². The minimum Gasteiger partial charge on any atom is -0.462 e. The summed E-state index contributed by atoms with van der Waals surface area (Å²) in [5.41, 5.74) is 1.84. The highest BCUT2D eigenvalue weighted by molar-refractivity contribution is 6.05. The maximum Gasteiger partial charge on any atom is 0.338 e. The first-order valence-corrected chi connectivity index (χ1v) is 8.51. The number of carbonyl (C=O) groups is 3. The lowest BCUT2D eigenvalue weighted by molar-refractivity contribution is 0.0526. The molecular formula is C20H22N2O5. The molecule has 2 aromatic carbocycles. The summed E-state index contributed by atoms with van der Waals surface area (Å²) >= 11 is 0. The molecule has 0 aliphatic carbocycles. The predicted molar refractivity (Wildman–Crippen MR) is 101 cm³/mol. The van der Waals surface area contributed by atoms with Crippen molar-refractivity contribution in [1.29, 1.82) is 0 Å². The quantitative estimate of drug-likeness (QED) is 0.550. The zero-order valence-electron chi connectivity index (χ0n) is 15.3. The van der Waals surface area contributed by atoms with Crippen molar-refractivity contribution in [2.45, 2.75) is 6.92 Å². The van der Waals surface area contributed by atoms with Gasteiger partial charge in [0, 0.05) is 30.5 Å². The number of ether oxygens (including phenoxy) is 2. The van der Waals surface area contributed by atoms with Crippen molar-refractivity contribution in [1.82, 2.24) is 5.32 Å². The number of anilines is 1. The maximum absolute atomic E-state index is 12.3. The molecule has 2 N–H and O–H groups in total. The van der Waals surface area contributed by atoms with E-state index in [0.29, 0.717) is 42.1 Å². The van der Waals surface area contributed by atoms with Gasteiger partial charge < -0.3 is 20.1 Å². The maximum atomic E-state index is 12.3. The Hall–Kier alpha value is -3.19. The smallest absolute Gasteiger partial charge is 0.338 e. The summed E-state index contributed by atoms with van der Waals surface area (Å²) in [7, 11) is 1.56. The number of methoxy groups -OCH3 is 1. The van der Waals surface area contributed by atoms with Crippen LogP contribution in [0.5, 0.6) is 0 Å². The lowest BCUT2D eigenvalue weighted by atomic mass is 10.1. The summed E-state index contributed by atoms with van der Waals surface area (Å²) in [5.74, 6) is -0.950. The van der Waals surface area contributed by atoms with Gasteiger partial charge in [0.1, 0.15) is 0 Å². The van der Waals surface area contributed by atoms with Gasteiger partial charge in [0.15, 0.2) is 0 Å². The Kier molecular flexibility index (Phi) is 7.51. The Morgan fingerprint density at radius 2 is 1.41 bits per heavy atom. The second-order valence-electron chi connectivity index (χ2n) is 5.58. The number of amides is 2. The van der Waals surface area contributed by atoms with Crippen LogP contribution < -0.4 is 10.6 Å². The SMILES string of the molecule is CCOC(=O)c1ccc(NC(=O)c2ccc(C(=O)NCCOC)cc2)cc1. The van der Waals surface area contributed by atoms with Gasteiger partial charge in [0.2, 0.25) is 0 Å². The average molecular weight is 370 g/mol. The number of nitrogens with one attached hydrogen (secondary N) is 2. The van der Waals surface area contributed by atoms with Crippen molar-refractivity contribution in [3.8, 4) is 0 Å². The van der Waals surface area contributed by atoms with E-state index >= 15 is 0 Å². The molecule has 0 spiro atoms. The largest absolute Gasteiger partial charge is 0.462 e.